The summed E-state index contributed by atoms with van der Waals surface area (Å²) in [5.41, 5.74) is 3.29. The summed E-state index contributed by atoms with van der Waals surface area (Å²) >= 11 is 0. The monoisotopic (exact) mass is 350 g/mol. The van der Waals surface area contributed by atoms with Crippen LogP contribution in [0.25, 0.3) is 11.0 Å². The van der Waals surface area contributed by atoms with E-state index in [0.29, 0.717) is 17.9 Å². The molecular weight excluding hydrogens is 328 g/mol. The molecule has 26 heavy (non-hydrogen) atoms. The van der Waals surface area contributed by atoms with Crippen molar-refractivity contribution in [3.8, 4) is 5.75 Å². The third-order valence-electron chi connectivity index (χ3n) is 5.13. The first-order chi connectivity index (χ1) is 12.6. The Morgan fingerprint density at radius 3 is 2.73 bits per heavy atom. The zero-order valence-corrected chi connectivity index (χ0v) is 14.8. The second kappa shape index (κ2) is 6.78. The fourth-order valence-electron chi connectivity index (χ4n) is 3.43. The highest BCUT2D eigenvalue weighted by Gasteiger charge is 2.23. The van der Waals surface area contributed by atoms with Gasteiger partial charge in [0.05, 0.1) is 5.52 Å². The largest absolute Gasteiger partial charge is 0.508 e. The van der Waals surface area contributed by atoms with Gasteiger partial charge in [0, 0.05) is 19.5 Å². The first kappa shape index (κ1) is 16.6. The number of carbonyl (C=O) groups is 1. The van der Waals surface area contributed by atoms with Gasteiger partial charge in [0.1, 0.15) is 11.3 Å². The van der Waals surface area contributed by atoms with Gasteiger partial charge in [0.25, 0.3) is 0 Å². The van der Waals surface area contributed by atoms with Crippen LogP contribution in [0.1, 0.15) is 30.9 Å². The summed E-state index contributed by atoms with van der Waals surface area (Å²) in [6.45, 7) is 3.76. The summed E-state index contributed by atoms with van der Waals surface area (Å²) in [5, 5.41) is 18.2. The molecule has 0 radical (unpaired) electrons. The van der Waals surface area contributed by atoms with Gasteiger partial charge in [-0.25, -0.2) is 4.79 Å². The first-order valence-electron chi connectivity index (χ1n) is 9.02. The van der Waals surface area contributed by atoms with E-state index in [4.69, 9.17) is 0 Å². The zero-order valence-electron chi connectivity index (χ0n) is 14.8. The highest BCUT2D eigenvalue weighted by Crippen LogP contribution is 2.23. The van der Waals surface area contributed by atoms with Gasteiger partial charge < -0.3 is 10.0 Å². The molecule has 0 saturated carbocycles. The van der Waals surface area contributed by atoms with E-state index in [1.54, 1.807) is 12.1 Å². The number of nitrogens with zero attached hydrogens (tertiary/aromatic N) is 4. The highest BCUT2D eigenvalue weighted by atomic mass is 16.3. The second-order valence-electron chi connectivity index (χ2n) is 7.08. The molecule has 4 rings (SSSR count). The van der Waals surface area contributed by atoms with E-state index in [-0.39, 0.29) is 11.8 Å². The standard InChI is InChI=1S/C20H22N4O2/c1-14-8-10-23(11-9-14)20(26)24-18-7-6-15(13-17(18)21-22-24)12-16-4-2-3-5-19(16)25/h2-7,13-14,25H,8-12H2,1H3. The smallest absolute Gasteiger partial charge is 0.346 e. The van der Waals surface area contributed by atoms with Crippen molar-refractivity contribution in [2.45, 2.75) is 26.2 Å². The number of aromatic nitrogens is 3. The minimum absolute atomic E-state index is 0.104. The van der Waals surface area contributed by atoms with Crippen molar-refractivity contribution in [3.05, 3.63) is 53.6 Å². The first-order valence-corrected chi connectivity index (χ1v) is 9.02. The number of rotatable bonds is 2. The molecule has 1 amide bonds. The third kappa shape index (κ3) is 3.14. The summed E-state index contributed by atoms with van der Waals surface area (Å²) in [4.78, 5) is 14.6. The van der Waals surface area contributed by atoms with Crippen LogP contribution in [0.2, 0.25) is 0 Å². The van der Waals surface area contributed by atoms with Crippen LogP contribution in [0.5, 0.6) is 5.75 Å². The molecule has 0 spiro atoms. The Morgan fingerprint density at radius 1 is 1.19 bits per heavy atom. The van der Waals surface area contributed by atoms with Gasteiger partial charge in [-0.1, -0.05) is 36.4 Å². The van der Waals surface area contributed by atoms with Crippen LogP contribution in [0.4, 0.5) is 4.79 Å². The molecular formula is C20H22N4O2. The maximum atomic E-state index is 12.8. The molecule has 1 aliphatic rings. The lowest BCUT2D eigenvalue weighted by atomic mass is 10.00. The molecule has 0 atom stereocenters. The normalized spacial score (nSPS) is 15.5. The van der Waals surface area contributed by atoms with Crippen LogP contribution in [0.3, 0.4) is 0 Å². The number of hydrogen-bond acceptors (Lipinski definition) is 4. The minimum atomic E-state index is -0.104. The van der Waals surface area contributed by atoms with Gasteiger partial charge in [-0.05, 0) is 48.1 Å². The number of hydrogen-bond donors (Lipinski definition) is 1. The molecule has 1 aromatic heterocycles. The predicted molar refractivity (Wildman–Crippen MR) is 99.2 cm³/mol. The Hall–Kier alpha value is -2.89. The fraction of sp³-hybridized carbons (Fsp3) is 0.350. The van der Waals surface area contributed by atoms with Gasteiger partial charge in [-0.15, -0.1) is 5.10 Å². The van der Waals surface area contributed by atoms with Crippen LogP contribution < -0.4 is 0 Å². The Labute approximate surface area is 152 Å². The number of amides is 1. The van der Waals surface area contributed by atoms with Gasteiger partial charge in [0.15, 0.2) is 0 Å². The van der Waals surface area contributed by atoms with Crippen molar-refractivity contribution < 1.29 is 9.90 Å². The van der Waals surface area contributed by atoms with Gasteiger partial charge in [-0.2, -0.15) is 4.68 Å². The van der Waals surface area contributed by atoms with E-state index in [9.17, 15) is 9.90 Å². The Balaban J connectivity index is 1.57. The van der Waals surface area contributed by atoms with Crippen molar-refractivity contribution >= 4 is 17.1 Å². The molecule has 0 bridgehead atoms. The lowest BCUT2D eigenvalue weighted by Gasteiger charge is -2.29. The summed E-state index contributed by atoms with van der Waals surface area (Å²) in [5.74, 6) is 0.953. The van der Waals surface area contributed by atoms with Crippen LogP contribution in [0, 0.1) is 5.92 Å². The van der Waals surface area contributed by atoms with E-state index in [1.807, 2.05) is 35.2 Å². The van der Waals surface area contributed by atoms with E-state index in [1.165, 1.54) is 4.68 Å². The molecule has 1 saturated heterocycles. The molecule has 0 unspecified atom stereocenters. The zero-order chi connectivity index (χ0) is 18.1. The fourth-order valence-corrected chi connectivity index (χ4v) is 3.43. The van der Waals surface area contributed by atoms with Crippen molar-refractivity contribution in [3.63, 3.8) is 0 Å². The summed E-state index contributed by atoms with van der Waals surface area (Å²) < 4.78 is 1.40. The lowest BCUT2D eigenvalue weighted by molar-refractivity contribution is 0.173. The van der Waals surface area contributed by atoms with Gasteiger partial charge in [0.2, 0.25) is 0 Å². The summed E-state index contributed by atoms with van der Waals surface area (Å²) in [7, 11) is 0. The average molecular weight is 350 g/mol. The molecule has 6 nitrogen and oxygen atoms in total. The van der Waals surface area contributed by atoms with E-state index in [2.05, 4.69) is 17.2 Å². The third-order valence-corrected chi connectivity index (χ3v) is 5.13. The number of piperidine rings is 1. The second-order valence-corrected chi connectivity index (χ2v) is 7.08. The van der Waals surface area contributed by atoms with Crippen molar-refractivity contribution in [1.29, 1.82) is 0 Å². The number of para-hydroxylation sites is 1. The van der Waals surface area contributed by atoms with E-state index < -0.39 is 0 Å². The van der Waals surface area contributed by atoms with Crippen LogP contribution >= 0.6 is 0 Å². The number of benzene rings is 2. The predicted octanol–water partition coefficient (Wildman–Crippen LogP) is 3.43. The van der Waals surface area contributed by atoms with E-state index >= 15 is 0 Å². The quantitative estimate of drug-likeness (QED) is 0.769. The molecule has 0 aliphatic carbocycles. The number of phenols is 1. The van der Waals surface area contributed by atoms with Crippen LogP contribution in [-0.4, -0.2) is 44.1 Å². The molecule has 1 fully saturated rings. The van der Waals surface area contributed by atoms with Crippen molar-refractivity contribution in [2.24, 2.45) is 5.92 Å². The minimum Gasteiger partial charge on any atom is -0.508 e. The number of carbonyl (C=O) groups excluding carboxylic acids is 1. The molecule has 1 aliphatic heterocycles. The van der Waals surface area contributed by atoms with Gasteiger partial charge in [-0.3, -0.25) is 0 Å². The lowest BCUT2D eigenvalue weighted by Crippen LogP contribution is -2.40. The molecule has 6 heteroatoms. The topological polar surface area (TPSA) is 71.2 Å². The number of aromatic hydroxyl groups is 1. The van der Waals surface area contributed by atoms with E-state index in [0.717, 1.165) is 42.6 Å². The Kier molecular flexibility index (Phi) is 4.32. The average Bonchev–Trinajstić information content (AvgIpc) is 3.07. The Morgan fingerprint density at radius 2 is 1.96 bits per heavy atom. The Bertz CT molecular complexity index is 942. The van der Waals surface area contributed by atoms with Gasteiger partial charge >= 0.3 is 6.03 Å². The SMILES string of the molecule is CC1CCN(C(=O)n2nnc3cc(Cc4ccccc4O)ccc32)CC1. The van der Waals surface area contributed by atoms with Crippen LogP contribution in [-0.2, 0) is 6.42 Å². The molecule has 2 heterocycles. The maximum Gasteiger partial charge on any atom is 0.346 e. The molecule has 1 N–H and O–H groups in total. The number of likely N-dealkylation sites (tertiary alicyclic amines) is 1. The highest BCUT2D eigenvalue weighted by molar-refractivity contribution is 5.88. The number of fused-ring (bicyclic) bond motifs is 1. The molecule has 2 aromatic carbocycles. The summed E-state index contributed by atoms with van der Waals surface area (Å²) in [6, 6.07) is 13.0. The van der Waals surface area contributed by atoms with Crippen molar-refractivity contribution in [2.75, 3.05) is 13.1 Å². The molecule has 134 valence electrons. The van der Waals surface area contributed by atoms with Crippen LogP contribution in [0.15, 0.2) is 42.5 Å². The number of phenolic OH excluding ortho intramolecular Hbond substituents is 1. The van der Waals surface area contributed by atoms with Crippen molar-refractivity contribution in [1.82, 2.24) is 19.9 Å². The summed E-state index contributed by atoms with van der Waals surface area (Å²) in [6.07, 6.45) is 2.67. The molecule has 3 aromatic rings. The maximum absolute atomic E-state index is 12.8.